The van der Waals surface area contributed by atoms with Crippen LogP contribution in [0.1, 0.15) is 12.5 Å². The molecular formula is C22H25N3O3. The first kappa shape index (κ1) is 19.5. The number of carbonyl (C=O) groups excluding carboxylic acids is 2. The molecule has 2 amide bonds. The van der Waals surface area contributed by atoms with Crippen LogP contribution < -0.4 is 10.2 Å². The van der Waals surface area contributed by atoms with Crippen LogP contribution in [0.15, 0.2) is 60.7 Å². The topological polar surface area (TPSA) is 72.9 Å². The molecule has 0 aliphatic carbocycles. The molecule has 1 unspecified atom stereocenters. The number of phenols is 1. The standard InChI is InChI=1S/C22H25N3O3/c1-17(23-21(27)12-11-18-7-3-2-4-8-18)22(28)25-15-13-24(14-16-25)19-9-5-6-10-20(19)26/h2-12,17,26H,13-16H2,1H3,(H,23,27)/b12-11+. The molecule has 0 saturated carbocycles. The number of piperazine rings is 1. The van der Waals surface area contributed by atoms with Crippen molar-refractivity contribution < 1.29 is 14.7 Å². The summed E-state index contributed by atoms with van der Waals surface area (Å²) >= 11 is 0. The van der Waals surface area contributed by atoms with Crippen LogP contribution in [0.4, 0.5) is 5.69 Å². The Morgan fingerprint density at radius 2 is 1.64 bits per heavy atom. The molecule has 1 heterocycles. The third-order valence-electron chi connectivity index (χ3n) is 4.77. The quantitative estimate of drug-likeness (QED) is 0.782. The van der Waals surface area contributed by atoms with E-state index < -0.39 is 6.04 Å². The van der Waals surface area contributed by atoms with Gasteiger partial charge in [-0.1, -0.05) is 42.5 Å². The van der Waals surface area contributed by atoms with Crippen LogP contribution in [-0.4, -0.2) is 54.0 Å². The third-order valence-corrected chi connectivity index (χ3v) is 4.77. The van der Waals surface area contributed by atoms with Crippen LogP contribution in [0, 0.1) is 0 Å². The maximum absolute atomic E-state index is 12.6. The molecule has 1 fully saturated rings. The number of nitrogens with one attached hydrogen (secondary N) is 1. The first-order valence-corrected chi connectivity index (χ1v) is 9.40. The molecule has 3 rings (SSSR count). The average Bonchev–Trinajstić information content (AvgIpc) is 2.73. The molecule has 1 aliphatic heterocycles. The van der Waals surface area contributed by atoms with Gasteiger partial charge in [-0.15, -0.1) is 0 Å². The largest absolute Gasteiger partial charge is 0.506 e. The van der Waals surface area contributed by atoms with E-state index in [1.165, 1.54) is 6.08 Å². The molecule has 1 saturated heterocycles. The number of aromatic hydroxyl groups is 1. The van der Waals surface area contributed by atoms with Crippen molar-refractivity contribution in [3.63, 3.8) is 0 Å². The molecule has 0 radical (unpaired) electrons. The summed E-state index contributed by atoms with van der Waals surface area (Å²) in [6.45, 7) is 4.07. The highest BCUT2D eigenvalue weighted by atomic mass is 16.3. The summed E-state index contributed by atoms with van der Waals surface area (Å²) in [5, 5.41) is 12.7. The first-order valence-electron chi connectivity index (χ1n) is 9.40. The van der Waals surface area contributed by atoms with Gasteiger partial charge in [0, 0.05) is 32.3 Å². The van der Waals surface area contributed by atoms with Gasteiger partial charge in [0.05, 0.1) is 5.69 Å². The van der Waals surface area contributed by atoms with Crippen molar-refractivity contribution in [2.45, 2.75) is 13.0 Å². The number of carbonyl (C=O) groups is 2. The minimum atomic E-state index is -0.593. The lowest BCUT2D eigenvalue weighted by molar-refractivity contribution is -0.135. The summed E-state index contributed by atoms with van der Waals surface area (Å²) in [5.41, 5.74) is 1.71. The number of hydrogen-bond donors (Lipinski definition) is 2. The predicted octanol–water partition coefficient (Wildman–Crippen LogP) is 2.26. The van der Waals surface area contributed by atoms with E-state index in [0.717, 1.165) is 11.3 Å². The Morgan fingerprint density at radius 1 is 1.00 bits per heavy atom. The van der Waals surface area contributed by atoms with Crippen molar-refractivity contribution in [1.82, 2.24) is 10.2 Å². The summed E-state index contributed by atoms with van der Waals surface area (Å²) in [7, 11) is 0. The highest BCUT2D eigenvalue weighted by Crippen LogP contribution is 2.27. The molecule has 0 spiro atoms. The highest BCUT2D eigenvalue weighted by molar-refractivity contribution is 5.95. The molecule has 2 aromatic rings. The number of para-hydroxylation sites is 2. The molecule has 0 aromatic heterocycles. The number of anilines is 1. The Bertz CT molecular complexity index is 843. The minimum absolute atomic E-state index is 0.0987. The SMILES string of the molecule is CC(NC(=O)/C=C/c1ccccc1)C(=O)N1CCN(c2ccccc2O)CC1. The second-order valence-corrected chi connectivity index (χ2v) is 6.78. The Morgan fingerprint density at radius 3 is 2.32 bits per heavy atom. The van der Waals surface area contributed by atoms with Crippen molar-refractivity contribution in [1.29, 1.82) is 0 Å². The monoisotopic (exact) mass is 379 g/mol. The molecular weight excluding hydrogens is 354 g/mol. The second-order valence-electron chi connectivity index (χ2n) is 6.78. The lowest BCUT2D eigenvalue weighted by Crippen LogP contribution is -2.54. The van der Waals surface area contributed by atoms with Gasteiger partial charge in [-0.05, 0) is 30.7 Å². The van der Waals surface area contributed by atoms with E-state index in [1.807, 2.05) is 42.5 Å². The maximum Gasteiger partial charge on any atom is 0.244 e. The van der Waals surface area contributed by atoms with E-state index in [1.54, 1.807) is 30.0 Å². The van der Waals surface area contributed by atoms with Gasteiger partial charge in [-0.2, -0.15) is 0 Å². The van der Waals surface area contributed by atoms with Gasteiger partial charge in [-0.25, -0.2) is 0 Å². The van der Waals surface area contributed by atoms with Crippen LogP contribution in [0.2, 0.25) is 0 Å². The molecule has 2 aromatic carbocycles. The van der Waals surface area contributed by atoms with Crippen LogP contribution in [-0.2, 0) is 9.59 Å². The van der Waals surface area contributed by atoms with Crippen LogP contribution >= 0.6 is 0 Å². The fraction of sp³-hybridized carbons (Fsp3) is 0.273. The maximum atomic E-state index is 12.6. The zero-order valence-electron chi connectivity index (χ0n) is 15.9. The van der Waals surface area contributed by atoms with Crippen LogP contribution in [0.5, 0.6) is 5.75 Å². The summed E-state index contributed by atoms with van der Waals surface area (Å²) in [5.74, 6) is -0.149. The van der Waals surface area contributed by atoms with Crippen LogP contribution in [0.25, 0.3) is 6.08 Å². The zero-order chi connectivity index (χ0) is 19.9. The Labute approximate surface area is 165 Å². The summed E-state index contributed by atoms with van der Waals surface area (Å²) < 4.78 is 0. The fourth-order valence-electron chi connectivity index (χ4n) is 3.23. The van der Waals surface area contributed by atoms with Gasteiger partial charge < -0.3 is 20.2 Å². The molecule has 1 aliphatic rings. The number of nitrogens with zero attached hydrogens (tertiary/aromatic N) is 2. The molecule has 28 heavy (non-hydrogen) atoms. The summed E-state index contributed by atoms with van der Waals surface area (Å²) in [6.07, 6.45) is 3.16. The van der Waals surface area contributed by atoms with Crippen molar-refractivity contribution in [3.8, 4) is 5.75 Å². The zero-order valence-corrected chi connectivity index (χ0v) is 15.9. The Hall–Kier alpha value is -3.28. The van der Waals surface area contributed by atoms with E-state index in [0.29, 0.717) is 26.2 Å². The number of benzene rings is 2. The third kappa shape index (κ3) is 4.91. The number of phenolic OH excluding ortho intramolecular Hbond substituents is 1. The Balaban J connectivity index is 1.50. The van der Waals surface area contributed by atoms with E-state index in [-0.39, 0.29) is 17.6 Å². The lowest BCUT2D eigenvalue weighted by Gasteiger charge is -2.37. The number of rotatable bonds is 5. The number of hydrogen-bond acceptors (Lipinski definition) is 4. The molecule has 1 atom stereocenters. The van der Waals surface area contributed by atoms with Gasteiger partial charge in [0.1, 0.15) is 11.8 Å². The van der Waals surface area contributed by atoms with Crippen molar-refractivity contribution >= 4 is 23.6 Å². The van der Waals surface area contributed by atoms with Gasteiger partial charge in [0.15, 0.2) is 0 Å². The van der Waals surface area contributed by atoms with E-state index in [4.69, 9.17) is 0 Å². The molecule has 146 valence electrons. The smallest absolute Gasteiger partial charge is 0.244 e. The minimum Gasteiger partial charge on any atom is -0.506 e. The highest BCUT2D eigenvalue weighted by Gasteiger charge is 2.26. The first-order chi connectivity index (χ1) is 13.5. The predicted molar refractivity (Wildman–Crippen MR) is 110 cm³/mol. The van der Waals surface area contributed by atoms with Gasteiger partial charge in [-0.3, -0.25) is 9.59 Å². The van der Waals surface area contributed by atoms with Gasteiger partial charge in [0.2, 0.25) is 11.8 Å². The number of amides is 2. The summed E-state index contributed by atoms with van der Waals surface area (Å²) in [4.78, 5) is 28.5. The van der Waals surface area contributed by atoms with E-state index in [9.17, 15) is 14.7 Å². The lowest BCUT2D eigenvalue weighted by atomic mass is 10.2. The Kier molecular flexibility index (Phi) is 6.32. The molecule has 2 N–H and O–H groups in total. The van der Waals surface area contributed by atoms with Crippen LogP contribution in [0.3, 0.4) is 0 Å². The van der Waals surface area contributed by atoms with Gasteiger partial charge >= 0.3 is 0 Å². The molecule has 6 heteroatoms. The molecule has 6 nitrogen and oxygen atoms in total. The van der Waals surface area contributed by atoms with Crippen molar-refractivity contribution in [2.75, 3.05) is 31.1 Å². The average molecular weight is 379 g/mol. The fourth-order valence-corrected chi connectivity index (χ4v) is 3.23. The van der Waals surface area contributed by atoms with Gasteiger partial charge in [0.25, 0.3) is 0 Å². The normalized spacial score (nSPS) is 15.5. The van der Waals surface area contributed by atoms with E-state index in [2.05, 4.69) is 10.2 Å². The van der Waals surface area contributed by atoms with Crippen molar-refractivity contribution in [3.05, 3.63) is 66.2 Å². The second kappa shape index (κ2) is 9.08. The van der Waals surface area contributed by atoms with E-state index >= 15 is 0 Å². The van der Waals surface area contributed by atoms with Crippen molar-refractivity contribution in [2.24, 2.45) is 0 Å². The molecule has 0 bridgehead atoms. The summed E-state index contributed by atoms with van der Waals surface area (Å²) in [6, 6.07) is 16.1.